The minimum atomic E-state index is -2.92. The first-order valence-corrected chi connectivity index (χ1v) is 7.06. The standard InChI is InChI=1S/C7H9N.C2H6.O5P2/c8-6-7-4-2-1-3-5-7;1-2;1-6(2)5-7(3)4/h1-5H,6,8H2;1-2H3;/p+2. The second kappa shape index (κ2) is 13.3. The summed E-state index contributed by atoms with van der Waals surface area (Å²) in [5.41, 5.74) is 6.54. The van der Waals surface area contributed by atoms with Crippen LogP contribution in [-0.2, 0) is 20.0 Å². The molecule has 0 saturated carbocycles. The predicted octanol–water partition coefficient (Wildman–Crippen LogP) is 2.47. The summed E-state index contributed by atoms with van der Waals surface area (Å²) in [6.07, 6.45) is 0. The van der Waals surface area contributed by atoms with Gasteiger partial charge in [0.25, 0.3) is 0 Å². The first kappa shape index (κ1) is 18.6. The number of hydrogen-bond acceptors (Lipinski definition) is 4. The number of benzene rings is 1. The minimum absolute atomic E-state index is 0.640. The van der Waals surface area contributed by atoms with Gasteiger partial charge >= 0.3 is 16.5 Å². The Kier molecular flexibility index (Phi) is 14.6. The molecule has 8 heteroatoms. The van der Waals surface area contributed by atoms with Crippen LogP contribution < -0.4 is 5.73 Å². The molecule has 0 aliphatic heterocycles. The van der Waals surface area contributed by atoms with Crippen molar-refractivity contribution in [1.82, 2.24) is 0 Å². The zero-order valence-corrected chi connectivity index (χ0v) is 11.5. The zero-order chi connectivity index (χ0) is 13.7. The molecule has 0 fully saturated rings. The van der Waals surface area contributed by atoms with Gasteiger partial charge in [0, 0.05) is 15.7 Å². The summed E-state index contributed by atoms with van der Waals surface area (Å²) in [4.78, 5) is 15.3. The van der Waals surface area contributed by atoms with Gasteiger partial charge in [0.2, 0.25) is 0 Å². The van der Waals surface area contributed by atoms with Gasteiger partial charge in [-0.05, 0) is 5.56 Å². The molecule has 1 rings (SSSR count). The third-order valence-corrected chi connectivity index (χ3v) is 2.34. The van der Waals surface area contributed by atoms with Crippen LogP contribution in [0.3, 0.4) is 0 Å². The molecule has 0 aliphatic carbocycles. The minimum Gasteiger partial charge on any atom is -0.326 e. The Hall–Kier alpha value is -0.740. The lowest BCUT2D eigenvalue weighted by atomic mass is 10.2. The van der Waals surface area contributed by atoms with Crippen LogP contribution in [0.2, 0.25) is 0 Å². The van der Waals surface area contributed by atoms with Crippen LogP contribution in [0.4, 0.5) is 0 Å². The Morgan fingerprint density at radius 2 is 1.53 bits per heavy atom. The van der Waals surface area contributed by atoms with Crippen molar-refractivity contribution in [2.75, 3.05) is 0 Å². The van der Waals surface area contributed by atoms with E-state index in [2.05, 4.69) is 4.31 Å². The molecule has 0 amide bonds. The average Bonchev–Trinajstić information content (AvgIpc) is 2.32. The van der Waals surface area contributed by atoms with Crippen molar-refractivity contribution in [3.8, 4) is 0 Å². The maximum Gasteiger partial charge on any atom is 0.745 e. The third kappa shape index (κ3) is 15.3. The van der Waals surface area contributed by atoms with Gasteiger partial charge in [-0.25, -0.2) is 0 Å². The molecule has 6 nitrogen and oxygen atoms in total. The smallest absolute Gasteiger partial charge is 0.326 e. The molecule has 0 spiro atoms. The quantitative estimate of drug-likeness (QED) is 0.734. The first-order valence-electron chi connectivity index (χ1n) is 4.80. The lowest BCUT2D eigenvalue weighted by Crippen LogP contribution is -1.94. The van der Waals surface area contributed by atoms with Gasteiger partial charge in [-0.15, -0.1) is 9.79 Å². The molecule has 2 unspecified atom stereocenters. The summed E-state index contributed by atoms with van der Waals surface area (Å²) >= 11 is 0. The van der Waals surface area contributed by atoms with Crippen molar-refractivity contribution in [3.05, 3.63) is 35.9 Å². The zero-order valence-electron chi connectivity index (χ0n) is 9.68. The molecular formula is C9H17NO5P2+2. The summed E-state index contributed by atoms with van der Waals surface area (Å²) in [6, 6.07) is 9.99. The normalized spacial score (nSPS) is 10.2. The van der Waals surface area contributed by atoms with Gasteiger partial charge in [0.05, 0.1) is 0 Å². The van der Waals surface area contributed by atoms with Gasteiger partial charge in [-0.3, -0.25) is 0 Å². The monoisotopic (exact) mass is 281 g/mol. The lowest BCUT2D eigenvalue weighted by molar-refractivity contribution is 0.371. The second-order valence-electron chi connectivity index (χ2n) is 2.25. The van der Waals surface area contributed by atoms with Crippen molar-refractivity contribution in [2.45, 2.75) is 20.4 Å². The van der Waals surface area contributed by atoms with E-state index in [0.29, 0.717) is 6.54 Å². The SMILES string of the molecule is CC.NCc1ccccc1.O=[P+](O)O[P+](=O)O. The summed E-state index contributed by atoms with van der Waals surface area (Å²) < 4.78 is 22.2. The first-order chi connectivity index (χ1) is 8.06. The van der Waals surface area contributed by atoms with Crippen molar-refractivity contribution in [3.63, 3.8) is 0 Å². The molecule has 1 aromatic rings. The van der Waals surface area contributed by atoms with Crippen LogP contribution in [-0.4, -0.2) is 9.79 Å². The van der Waals surface area contributed by atoms with Crippen LogP contribution in [0.15, 0.2) is 30.3 Å². The molecule has 0 radical (unpaired) electrons. The summed E-state index contributed by atoms with van der Waals surface area (Å²) in [5.74, 6) is 0. The molecule has 17 heavy (non-hydrogen) atoms. The Morgan fingerprint density at radius 1 is 1.12 bits per heavy atom. The molecule has 0 saturated heterocycles. The fourth-order valence-electron chi connectivity index (χ4n) is 0.674. The highest BCUT2D eigenvalue weighted by molar-refractivity contribution is 7.46. The lowest BCUT2D eigenvalue weighted by Gasteiger charge is -1.90. The third-order valence-electron chi connectivity index (χ3n) is 1.22. The highest BCUT2D eigenvalue weighted by atomic mass is 31.2. The summed E-state index contributed by atoms with van der Waals surface area (Å²) in [7, 11) is -5.85. The second-order valence-corrected chi connectivity index (χ2v) is 3.85. The van der Waals surface area contributed by atoms with E-state index in [1.54, 1.807) is 0 Å². The summed E-state index contributed by atoms with van der Waals surface area (Å²) in [6.45, 7) is 4.64. The van der Waals surface area contributed by atoms with E-state index in [4.69, 9.17) is 15.5 Å². The Morgan fingerprint density at radius 3 is 1.71 bits per heavy atom. The number of rotatable bonds is 3. The molecule has 1 aromatic carbocycles. The van der Waals surface area contributed by atoms with E-state index in [1.807, 2.05) is 44.2 Å². The Bertz CT molecular complexity index is 308. The van der Waals surface area contributed by atoms with E-state index >= 15 is 0 Å². The van der Waals surface area contributed by atoms with Gasteiger partial charge in [0.15, 0.2) is 4.31 Å². The van der Waals surface area contributed by atoms with Crippen LogP contribution >= 0.6 is 16.5 Å². The van der Waals surface area contributed by atoms with Crippen LogP contribution in [0.25, 0.3) is 0 Å². The number of nitrogens with two attached hydrogens (primary N) is 1. The molecular weight excluding hydrogens is 264 g/mol. The predicted molar refractivity (Wildman–Crippen MR) is 66.4 cm³/mol. The van der Waals surface area contributed by atoms with E-state index in [1.165, 1.54) is 5.56 Å². The molecule has 0 aromatic heterocycles. The molecule has 96 valence electrons. The van der Waals surface area contributed by atoms with Crippen LogP contribution in [0.1, 0.15) is 19.4 Å². The van der Waals surface area contributed by atoms with Crippen molar-refractivity contribution < 1.29 is 23.2 Å². The molecule has 0 bridgehead atoms. The van der Waals surface area contributed by atoms with Crippen molar-refractivity contribution in [2.24, 2.45) is 5.73 Å². The van der Waals surface area contributed by atoms with Crippen molar-refractivity contribution >= 4 is 16.5 Å². The Labute approximate surface area is 102 Å². The highest BCUT2D eigenvalue weighted by Gasteiger charge is 2.31. The molecule has 2 atom stereocenters. The topological polar surface area (TPSA) is 110 Å². The fraction of sp³-hybridized carbons (Fsp3) is 0.333. The largest absolute Gasteiger partial charge is 0.745 e. The molecule has 4 N–H and O–H groups in total. The van der Waals surface area contributed by atoms with Crippen LogP contribution in [0, 0.1) is 0 Å². The van der Waals surface area contributed by atoms with Crippen LogP contribution in [0.5, 0.6) is 0 Å². The Balaban J connectivity index is 0. The van der Waals surface area contributed by atoms with Gasteiger partial charge < -0.3 is 5.73 Å². The maximum absolute atomic E-state index is 9.39. The van der Waals surface area contributed by atoms with E-state index in [-0.39, 0.29) is 0 Å². The maximum atomic E-state index is 9.39. The summed E-state index contributed by atoms with van der Waals surface area (Å²) in [5, 5.41) is 0. The van der Waals surface area contributed by atoms with Gasteiger partial charge in [0.1, 0.15) is 0 Å². The highest BCUT2D eigenvalue weighted by Crippen LogP contribution is 2.30. The fourth-order valence-corrected chi connectivity index (χ4v) is 1.15. The average molecular weight is 281 g/mol. The van der Waals surface area contributed by atoms with E-state index < -0.39 is 16.5 Å². The van der Waals surface area contributed by atoms with Gasteiger partial charge in [-0.1, -0.05) is 44.2 Å². The van der Waals surface area contributed by atoms with Crippen molar-refractivity contribution in [1.29, 1.82) is 0 Å². The van der Waals surface area contributed by atoms with E-state index in [9.17, 15) is 9.13 Å². The number of hydrogen-bond donors (Lipinski definition) is 3. The van der Waals surface area contributed by atoms with E-state index in [0.717, 1.165) is 0 Å². The van der Waals surface area contributed by atoms with Gasteiger partial charge in [-0.2, -0.15) is 0 Å². The molecule has 0 aliphatic rings. The molecule has 0 heterocycles.